The molecule has 0 N–H and O–H groups in total. The van der Waals surface area contributed by atoms with E-state index in [0.29, 0.717) is 6.42 Å². The third-order valence-electron chi connectivity index (χ3n) is 0.499. The van der Waals surface area contributed by atoms with Crippen LogP contribution in [0, 0.1) is 5.39 Å². The molecule has 0 aromatic rings. The fourth-order valence-corrected chi connectivity index (χ4v) is 0.187. The molecule has 0 saturated heterocycles. The second kappa shape index (κ2) is 4.42. The summed E-state index contributed by atoms with van der Waals surface area (Å²) in [6.07, 6.45) is 1.55. The van der Waals surface area contributed by atoms with Gasteiger partial charge < -0.3 is 0 Å². The van der Waals surface area contributed by atoms with E-state index in [9.17, 15) is 0 Å². The highest BCUT2D eigenvalue weighted by Gasteiger charge is 1.86. The van der Waals surface area contributed by atoms with Gasteiger partial charge in [-0.05, 0) is 6.42 Å². The Bertz CT molecular complexity index is 76.2. The van der Waals surface area contributed by atoms with Gasteiger partial charge in [0.15, 0.2) is 0 Å². The predicted molar refractivity (Wildman–Crippen MR) is 24.9 cm³/mol. The highest BCUT2D eigenvalue weighted by Crippen LogP contribution is 1.83. The molecule has 0 aromatic carbocycles. The molecular weight excluding hydrogens is 76.1 g/mol. The smallest absolute Gasteiger partial charge is 0.0651 e. The molecular formula is C4H9N2+. The Kier molecular flexibility index (Phi) is 2.66. The monoisotopic (exact) mass is 86.1 g/mol. The minimum atomic E-state index is -0.620. The molecule has 0 radical (unpaired) electrons. The number of hydrogen-bond donors (Lipinski definition) is 0. The first kappa shape index (κ1) is 3.60. The molecule has 0 bridgehead atoms. The molecule has 0 rings (SSSR count). The van der Waals surface area contributed by atoms with Gasteiger partial charge in [-0.2, -0.15) is 0 Å². The fraction of sp³-hybridized carbons (Fsp3) is 1.00. The first-order chi connectivity index (χ1) is 3.31. The zero-order valence-corrected chi connectivity index (χ0v) is 3.89. The average Bonchev–Trinajstić information content (AvgIpc) is 1.68. The van der Waals surface area contributed by atoms with E-state index in [2.05, 4.69) is 4.98 Å². The summed E-state index contributed by atoms with van der Waals surface area (Å²) in [7, 11) is 0. The Balaban J connectivity index is 3.04. The molecule has 2 nitrogen and oxygen atoms in total. The van der Waals surface area contributed by atoms with Crippen molar-refractivity contribution in [1.82, 2.24) is 0 Å². The molecule has 0 fully saturated rings. The van der Waals surface area contributed by atoms with E-state index in [1.54, 1.807) is 0 Å². The summed E-state index contributed by atoms with van der Waals surface area (Å²) in [5.41, 5.74) is 0. The zero-order valence-electron chi connectivity index (χ0n) is 4.89. The summed E-state index contributed by atoms with van der Waals surface area (Å²) in [5, 5.41) is 7.90. The standard InChI is InChI=1S/C4H9N2/c1-2-3-4-6-5/h2-4H2,1H3/q+1/i4D/t4-/m0/s1. The van der Waals surface area contributed by atoms with E-state index >= 15 is 0 Å². The van der Waals surface area contributed by atoms with Crippen LogP contribution in [0.3, 0.4) is 0 Å². The van der Waals surface area contributed by atoms with Crippen LogP contribution in [-0.2, 0) is 0 Å². The van der Waals surface area contributed by atoms with Crippen molar-refractivity contribution in [3.63, 3.8) is 0 Å². The van der Waals surface area contributed by atoms with Gasteiger partial charge in [-0.3, -0.25) is 0 Å². The Labute approximate surface area is 39.2 Å². The molecule has 0 aliphatic carbocycles. The first-order valence-electron chi connectivity index (χ1n) is 2.65. The van der Waals surface area contributed by atoms with E-state index in [0.717, 1.165) is 6.42 Å². The highest BCUT2D eigenvalue weighted by molar-refractivity contribution is 4.50. The summed E-state index contributed by atoms with van der Waals surface area (Å²) >= 11 is 0. The fourth-order valence-electron chi connectivity index (χ4n) is 0.187. The topological polar surface area (TPSA) is 28.1 Å². The summed E-state index contributed by atoms with van der Waals surface area (Å²) < 4.78 is 6.80. The summed E-state index contributed by atoms with van der Waals surface area (Å²) in [6.45, 7) is 1.33. The molecule has 6 heavy (non-hydrogen) atoms. The van der Waals surface area contributed by atoms with Crippen molar-refractivity contribution >= 4 is 0 Å². The van der Waals surface area contributed by atoms with Gasteiger partial charge in [-0.15, -0.1) is 0 Å². The Hall–Kier alpha value is -0.580. The molecule has 0 amide bonds. The maximum Gasteiger partial charge on any atom is 0.305 e. The quantitative estimate of drug-likeness (QED) is 0.469. The maximum absolute atomic E-state index is 7.90. The zero-order chi connectivity index (χ0) is 5.70. The normalized spacial score (nSPS) is 15.0. The second-order valence-corrected chi connectivity index (χ2v) is 1.09. The SMILES string of the molecule is [2H][C@@H](CCC)[N+]#N. The molecule has 0 aromatic heterocycles. The van der Waals surface area contributed by atoms with Crippen molar-refractivity contribution < 1.29 is 1.37 Å². The van der Waals surface area contributed by atoms with Gasteiger partial charge in [0.25, 0.3) is 0 Å². The van der Waals surface area contributed by atoms with Crippen LogP contribution in [0.15, 0.2) is 0 Å². The van der Waals surface area contributed by atoms with Gasteiger partial charge in [0.1, 0.15) is 6.35 Å². The Morgan fingerprint density at radius 1 is 2.00 bits per heavy atom. The van der Waals surface area contributed by atoms with Crippen molar-refractivity contribution in [3.8, 4) is 0 Å². The summed E-state index contributed by atoms with van der Waals surface area (Å²) in [5.74, 6) is 0. The molecule has 2 heteroatoms. The van der Waals surface area contributed by atoms with Gasteiger partial charge in [-0.1, -0.05) is 6.92 Å². The van der Waals surface area contributed by atoms with E-state index in [4.69, 9.17) is 6.76 Å². The minimum Gasteiger partial charge on any atom is -0.0651 e. The highest BCUT2D eigenvalue weighted by atomic mass is 14.8. The van der Waals surface area contributed by atoms with Gasteiger partial charge in [0, 0.05) is 6.42 Å². The molecule has 0 aliphatic heterocycles. The van der Waals surface area contributed by atoms with Gasteiger partial charge in [-0.25, -0.2) is 0 Å². The van der Waals surface area contributed by atoms with Crippen molar-refractivity contribution in [3.05, 3.63) is 4.98 Å². The Morgan fingerprint density at radius 2 is 2.67 bits per heavy atom. The molecule has 0 heterocycles. The van der Waals surface area contributed by atoms with E-state index in [1.807, 2.05) is 6.92 Å². The third kappa shape index (κ3) is 3.42. The average molecular weight is 86.1 g/mol. The van der Waals surface area contributed by atoms with Crippen LogP contribution in [-0.4, -0.2) is 6.52 Å². The van der Waals surface area contributed by atoms with E-state index < -0.39 is 6.52 Å². The molecule has 34 valence electrons. The Morgan fingerprint density at radius 3 is 2.83 bits per heavy atom. The minimum absolute atomic E-state index is 0.620. The van der Waals surface area contributed by atoms with Crippen LogP contribution in [0.2, 0.25) is 0 Å². The van der Waals surface area contributed by atoms with E-state index in [-0.39, 0.29) is 0 Å². The number of hydrogen-bond acceptors (Lipinski definition) is 1. The first-order valence-corrected chi connectivity index (χ1v) is 2.07. The van der Waals surface area contributed by atoms with E-state index in [1.165, 1.54) is 0 Å². The third-order valence-corrected chi connectivity index (χ3v) is 0.499. The summed E-state index contributed by atoms with van der Waals surface area (Å²) in [6, 6.07) is 0. The lowest BCUT2D eigenvalue weighted by molar-refractivity contribution is 0.851. The number of diazo groups is 1. The van der Waals surface area contributed by atoms with Crippen LogP contribution in [0.25, 0.3) is 4.98 Å². The molecule has 0 unspecified atom stereocenters. The van der Waals surface area contributed by atoms with Crippen molar-refractivity contribution in [2.45, 2.75) is 19.8 Å². The van der Waals surface area contributed by atoms with Crippen molar-refractivity contribution in [2.75, 3.05) is 6.52 Å². The summed E-state index contributed by atoms with van der Waals surface area (Å²) in [4.78, 5) is 2.74. The van der Waals surface area contributed by atoms with Gasteiger partial charge in [0.05, 0.1) is 0 Å². The number of nitrogens with zero attached hydrogens (tertiary/aromatic N) is 2. The lowest BCUT2D eigenvalue weighted by Crippen LogP contribution is -1.70. The van der Waals surface area contributed by atoms with Gasteiger partial charge in [0.2, 0.25) is 5.39 Å². The van der Waals surface area contributed by atoms with Crippen molar-refractivity contribution in [1.29, 1.82) is 5.39 Å². The second-order valence-electron chi connectivity index (χ2n) is 1.09. The van der Waals surface area contributed by atoms with Crippen LogP contribution in [0.5, 0.6) is 0 Å². The van der Waals surface area contributed by atoms with Crippen LogP contribution >= 0.6 is 0 Å². The number of rotatable bonds is 2. The maximum atomic E-state index is 7.90. The predicted octanol–water partition coefficient (Wildman–Crippen LogP) is 1.64. The van der Waals surface area contributed by atoms with Crippen LogP contribution in [0.1, 0.15) is 21.1 Å². The van der Waals surface area contributed by atoms with Crippen molar-refractivity contribution in [2.24, 2.45) is 0 Å². The van der Waals surface area contributed by atoms with Gasteiger partial charge >= 0.3 is 6.52 Å². The lowest BCUT2D eigenvalue weighted by Gasteiger charge is -1.68. The molecule has 0 aliphatic rings. The molecule has 1 atom stereocenters. The lowest BCUT2D eigenvalue weighted by atomic mass is 10.3. The largest absolute Gasteiger partial charge is 0.305 e. The van der Waals surface area contributed by atoms with Crippen LogP contribution < -0.4 is 0 Å². The van der Waals surface area contributed by atoms with Crippen LogP contribution in [0.4, 0.5) is 0 Å². The molecule has 0 saturated carbocycles. The molecule has 0 spiro atoms.